The van der Waals surface area contributed by atoms with Crippen LogP contribution in [0.2, 0.25) is 0 Å². The lowest BCUT2D eigenvalue weighted by Crippen LogP contribution is -2.38. The highest BCUT2D eigenvalue weighted by atomic mass is 19.4. The van der Waals surface area contributed by atoms with Crippen LogP contribution in [0.1, 0.15) is 65.0 Å². The molecule has 2 aliphatic rings. The largest absolute Gasteiger partial charge is 0.416 e. The predicted molar refractivity (Wildman–Crippen MR) is 98.8 cm³/mol. The number of fused-ring (bicyclic) bond motifs is 1. The zero-order valence-corrected chi connectivity index (χ0v) is 15.9. The topological polar surface area (TPSA) is 38.1 Å². The standard InChI is InChI=1S/C21H24F3N3O/c1-26-19-11-5-10-17(19)18(25-26)13-27(16-8-2-3-9-16)20(28)14-6-4-7-15(12-14)21(22,23)24/h4,6-7,12,16H,2-3,5,8-11,13H2,1H3. The van der Waals surface area contributed by atoms with Gasteiger partial charge in [0.05, 0.1) is 17.8 Å². The summed E-state index contributed by atoms with van der Waals surface area (Å²) in [6.07, 6.45) is 2.42. The summed E-state index contributed by atoms with van der Waals surface area (Å²) < 4.78 is 41.2. The Morgan fingerprint density at radius 1 is 1.21 bits per heavy atom. The molecule has 2 aliphatic carbocycles. The van der Waals surface area contributed by atoms with Crippen molar-refractivity contribution in [3.8, 4) is 0 Å². The second-order valence-corrected chi connectivity index (χ2v) is 7.80. The van der Waals surface area contributed by atoms with Crippen LogP contribution in [0, 0.1) is 0 Å². The van der Waals surface area contributed by atoms with Crippen molar-refractivity contribution in [1.29, 1.82) is 0 Å². The molecule has 1 fully saturated rings. The second-order valence-electron chi connectivity index (χ2n) is 7.80. The average molecular weight is 391 g/mol. The molecule has 0 aliphatic heterocycles. The van der Waals surface area contributed by atoms with Crippen LogP contribution in [0.4, 0.5) is 13.2 Å². The molecule has 4 nitrogen and oxygen atoms in total. The zero-order chi connectivity index (χ0) is 19.9. The number of benzene rings is 1. The number of hydrogen-bond acceptors (Lipinski definition) is 2. The van der Waals surface area contributed by atoms with E-state index in [1.54, 1.807) is 4.90 Å². The van der Waals surface area contributed by atoms with E-state index >= 15 is 0 Å². The molecule has 1 amide bonds. The molecule has 0 spiro atoms. The Morgan fingerprint density at radius 3 is 2.68 bits per heavy atom. The van der Waals surface area contributed by atoms with E-state index in [0.29, 0.717) is 6.54 Å². The van der Waals surface area contributed by atoms with Gasteiger partial charge in [-0.3, -0.25) is 9.48 Å². The van der Waals surface area contributed by atoms with E-state index in [0.717, 1.165) is 62.8 Å². The molecule has 0 N–H and O–H groups in total. The molecule has 4 rings (SSSR count). The lowest BCUT2D eigenvalue weighted by molar-refractivity contribution is -0.137. The van der Waals surface area contributed by atoms with Crippen molar-refractivity contribution in [2.75, 3.05) is 0 Å². The van der Waals surface area contributed by atoms with E-state index in [-0.39, 0.29) is 17.5 Å². The minimum Gasteiger partial charge on any atom is -0.330 e. The maximum absolute atomic E-state index is 13.2. The fraction of sp³-hybridized carbons (Fsp3) is 0.524. The van der Waals surface area contributed by atoms with Crippen LogP contribution >= 0.6 is 0 Å². The number of halogens is 3. The van der Waals surface area contributed by atoms with Crippen LogP contribution in [0.3, 0.4) is 0 Å². The molecule has 0 atom stereocenters. The average Bonchev–Trinajstić information content (AvgIpc) is 3.39. The minimum absolute atomic E-state index is 0.0566. The van der Waals surface area contributed by atoms with Crippen LogP contribution in [0.25, 0.3) is 0 Å². The van der Waals surface area contributed by atoms with Crippen molar-refractivity contribution in [1.82, 2.24) is 14.7 Å². The summed E-state index contributed by atoms with van der Waals surface area (Å²) in [5.74, 6) is -0.338. The first-order valence-electron chi connectivity index (χ1n) is 9.86. The number of nitrogens with zero attached hydrogens (tertiary/aromatic N) is 3. The predicted octanol–water partition coefficient (Wildman–Crippen LogP) is 4.51. The van der Waals surface area contributed by atoms with E-state index < -0.39 is 11.7 Å². The molecule has 1 saturated carbocycles. The lowest BCUT2D eigenvalue weighted by atomic mass is 10.1. The van der Waals surface area contributed by atoms with E-state index in [9.17, 15) is 18.0 Å². The van der Waals surface area contributed by atoms with Crippen LogP contribution in [0.5, 0.6) is 0 Å². The van der Waals surface area contributed by atoms with Crippen LogP contribution in [0.15, 0.2) is 24.3 Å². The van der Waals surface area contributed by atoms with Gasteiger partial charge in [-0.05, 0) is 55.9 Å². The van der Waals surface area contributed by atoms with Crippen LogP contribution in [-0.4, -0.2) is 26.6 Å². The number of rotatable bonds is 4. The number of amides is 1. The third-order valence-electron chi connectivity index (χ3n) is 5.98. The van der Waals surface area contributed by atoms with E-state index in [1.165, 1.54) is 23.4 Å². The van der Waals surface area contributed by atoms with E-state index in [4.69, 9.17) is 0 Å². The first-order chi connectivity index (χ1) is 13.3. The smallest absolute Gasteiger partial charge is 0.330 e. The molecular weight excluding hydrogens is 367 g/mol. The summed E-state index contributed by atoms with van der Waals surface area (Å²) in [5, 5.41) is 4.62. The Bertz CT molecular complexity index is 882. The molecule has 0 radical (unpaired) electrons. The van der Waals surface area contributed by atoms with Gasteiger partial charge < -0.3 is 4.90 Å². The highest BCUT2D eigenvalue weighted by molar-refractivity contribution is 5.94. The number of carbonyl (C=O) groups is 1. The zero-order valence-electron chi connectivity index (χ0n) is 15.9. The Balaban J connectivity index is 1.65. The van der Waals surface area contributed by atoms with E-state index in [1.807, 2.05) is 11.7 Å². The summed E-state index contributed by atoms with van der Waals surface area (Å²) >= 11 is 0. The van der Waals surface area contributed by atoms with Crippen molar-refractivity contribution in [2.45, 2.75) is 63.7 Å². The number of alkyl halides is 3. The first-order valence-corrected chi connectivity index (χ1v) is 9.86. The Hall–Kier alpha value is -2.31. The first kappa shape index (κ1) is 19.0. The van der Waals surface area contributed by atoms with Crippen molar-refractivity contribution < 1.29 is 18.0 Å². The minimum atomic E-state index is -4.46. The monoisotopic (exact) mass is 391 g/mol. The highest BCUT2D eigenvalue weighted by Crippen LogP contribution is 2.32. The third kappa shape index (κ3) is 3.54. The van der Waals surface area contributed by atoms with Gasteiger partial charge in [0.15, 0.2) is 0 Å². The van der Waals surface area contributed by atoms with Gasteiger partial charge in [0.25, 0.3) is 5.91 Å². The molecule has 1 aromatic carbocycles. The molecule has 2 aromatic rings. The molecular formula is C21H24F3N3O. The molecule has 150 valence electrons. The number of carbonyl (C=O) groups excluding carboxylic acids is 1. The normalized spacial score (nSPS) is 17.1. The quantitative estimate of drug-likeness (QED) is 0.769. The number of aromatic nitrogens is 2. The maximum atomic E-state index is 13.2. The van der Waals surface area contributed by atoms with Gasteiger partial charge in [-0.2, -0.15) is 18.3 Å². The molecule has 1 heterocycles. The Kier molecular flexibility index (Phi) is 4.93. The summed E-state index contributed by atoms with van der Waals surface area (Å²) in [4.78, 5) is 15.0. The SMILES string of the molecule is Cn1nc(CN(C(=O)c2cccc(C(F)(F)F)c2)C2CCCC2)c2c1CCC2. The van der Waals surface area contributed by atoms with Gasteiger partial charge in [0.2, 0.25) is 0 Å². The third-order valence-corrected chi connectivity index (χ3v) is 5.98. The lowest BCUT2D eigenvalue weighted by Gasteiger charge is -2.29. The van der Waals surface area contributed by atoms with E-state index in [2.05, 4.69) is 5.10 Å². The maximum Gasteiger partial charge on any atom is 0.416 e. The molecule has 0 saturated heterocycles. The summed E-state index contributed by atoms with van der Waals surface area (Å²) in [6, 6.07) is 4.81. The van der Waals surface area contributed by atoms with Crippen LogP contribution < -0.4 is 0 Å². The van der Waals surface area contributed by atoms with Crippen molar-refractivity contribution in [3.05, 3.63) is 52.3 Å². The fourth-order valence-corrected chi connectivity index (χ4v) is 4.56. The summed E-state index contributed by atoms with van der Waals surface area (Å²) in [5.41, 5.74) is 2.62. The molecule has 28 heavy (non-hydrogen) atoms. The van der Waals surface area contributed by atoms with Gasteiger partial charge in [-0.25, -0.2) is 0 Å². The van der Waals surface area contributed by atoms with Gasteiger partial charge >= 0.3 is 6.18 Å². The van der Waals surface area contributed by atoms with Crippen LogP contribution in [-0.2, 0) is 32.6 Å². The van der Waals surface area contributed by atoms with Crippen molar-refractivity contribution in [3.63, 3.8) is 0 Å². The molecule has 0 unspecified atom stereocenters. The second kappa shape index (κ2) is 7.26. The van der Waals surface area contributed by atoms with Gasteiger partial charge in [0, 0.05) is 24.3 Å². The number of hydrogen-bond donors (Lipinski definition) is 0. The van der Waals surface area contributed by atoms with Crippen molar-refractivity contribution in [2.24, 2.45) is 7.05 Å². The number of aryl methyl sites for hydroxylation is 1. The fourth-order valence-electron chi connectivity index (χ4n) is 4.56. The highest BCUT2D eigenvalue weighted by Gasteiger charge is 2.34. The Labute approximate surface area is 162 Å². The Morgan fingerprint density at radius 2 is 1.96 bits per heavy atom. The van der Waals surface area contributed by atoms with Crippen molar-refractivity contribution >= 4 is 5.91 Å². The summed E-state index contributed by atoms with van der Waals surface area (Å²) in [6.45, 7) is 0.364. The molecule has 0 bridgehead atoms. The van der Waals surface area contributed by atoms with Gasteiger partial charge in [-0.1, -0.05) is 18.9 Å². The summed E-state index contributed by atoms with van der Waals surface area (Å²) in [7, 11) is 1.92. The van der Waals surface area contributed by atoms with Gasteiger partial charge in [0.1, 0.15) is 0 Å². The molecule has 7 heteroatoms. The molecule has 1 aromatic heterocycles. The van der Waals surface area contributed by atoms with Gasteiger partial charge in [-0.15, -0.1) is 0 Å².